The van der Waals surface area contributed by atoms with Crippen LogP contribution in [0.2, 0.25) is 0 Å². The van der Waals surface area contributed by atoms with Crippen LogP contribution in [0.15, 0.2) is 48.1 Å². The Morgan fingerprint density at radius 1 is 1.17 bits per heavy atom. The highest BCUT2D eigenvalue weighted by Gasteiger charge is 2.23. The summed E-state index contributed by atoms with van der Waals surface area (Å²) in [6.07, 6.45) is 3.67. The molecule has 1 amide bonds. The lowest BCUT2D eigenvalue weighted by molar-refractivity contribution is 0.0903. The minimum Gasteiger partial charge on any atom is -0.343 e. The monoisotopic (exact) mass is 410 g/mol. The third-order valence-electron chi connectivity index (χ3n) is 5.23. The Balaban J connectivity index is 1.48. The molecule has 3 aromatic rings. The molecular formula is C21H26N6OS. The number of carbonyl (C=O) groups is 1. The van der Waals surface area contributed by atoms with Crippen LogP contribution < -0.4 is 5.32 Å². The van der Waals surface area contributed by atoms with Gasteiger partial charge in [0.15, 0.2) is 0 Å². The Hall–Kier alpha value is -2.55. The van der Waals surface area contributed by atoms with Crippen LogP contribution in [-0.4, -0.2) is 70.2 Å². The Labute approximate surface area is 175 Å². The first-order valence-electron chi connectivity index (χ1n) is 9.80. The Morgan fingerprint density at radius 3 is 2.62 bits per heavy atom. The number of aromatic nitrogens is 3. The molecule has 7 nitrogen and oxygen atoms in total. The first kappa shape index (κ1) is 19.8. The van der Waals surface area contributed by atoms with E-state index in [0.29, 0.717) is 5.69 Å². The summed E-state index contributed by atoms with van der Waals surface area (Å²) in [7, 11) is 4.02. The maximum atomic E-state index is 13.0. The summed E-state index contributed by atoms with van der Waals surface area (Å²) < 4.78 is 1.73. The van der Waals surface area contributed by atoms with Gasteiger partial charge in [0, 0.05) is 56.9 Å². The second-order valence-corrected chi connectivity index (χ2v) is 8.34. The summed E-state index contributed by atoms with van der Waals surface area (Å²) >= 11 is 1.46. The minimum absolute atomic E-state index is 0.0735. The Morgan fingerprint density at radius 2 is 1.93 bits per heavy atom. The standard InChI is InChI=1S/C21H26N6OS/c1-25-8-10-27(11-9-25)14-18(16-6-4-3-5-7-16)23-20(28)19-15-29-21(24-19)17-12-22-26(2)13-17/h3-7,12-13,15,18H,8-11,14H2,1-2H3,(H,23,28). The molecule has 1 atom stereocenters. The van der Waals surface area contributed by atoms with Gasteiger partial charge in [-0.25, -0.2) is 4.98 Å². The number of hydrogen-bond acceptors (Lipinski definition) is 6. The van der Waals surface area contributed by atoms with Gasteiger partial charge in [-0.15, -0.1) is 11.3 Å². The van der Waals surface area contributed by atoms with E-state index >= 15 is 0 Å². The maximum Gasteiger partial charge on any atom is 0.271 e. The van der Waals surface area contributed by atoms with Crippen molar-refractivity contribution in [2.24, 2.45) is 7.05 Å². The van der Waals surface area contributed by atoms with Crippen LogP contribution in [0, 0.1) is 0 Å². The summed E-state index contributed by atoms with van der Waals surface area (Å²) in [5.41, 5.74) is 2.49. The maximum absolute atomic E-state index is 13.0. The van der Waals surface area contributed by atoms with Gasteiger partial charge in [-0.3, -0.25) is 14.4 Å². The number of amides is 1. The summed E-state index contributed by atoms with van der Waals surface area (Å²) in [6.45, 7) is 4.92. The van der Waals surface area contributed by atoms with Crippen LogP contribution >= 0.6 is 11.3 Å². The van der Waals surface area contributed by atoms with E-state index in [9.17, 15) is 4.79 Å². The van der Waals surface area contributed by atoms with Gasteiger partial charge >= 0.3 is 0 Å². The van der Waals surface area contributed by atoms with Crippen molar-refractivity contribution >= 4 is 17.2 Å². The molecule has 1 fully saturated rings. The number of rotatable bonds is 6. The van der Waals surface area contributed by atoms with Crippen LogP contribution in [-0.2, 0) is 7.05 Å². The molecule has 1 saturated heterocycles. The average molecular weight is 411 g/mol. The van der Waals surface area contributed by atoms with Crippen molar-refractivity contribution in [2.45, 2.75) is 6.04 Å². The van der Waals surface area contributed by atoms with Crippen LogP contribution in [0.5, 0.6) is 0 Å². The molecule has 8 heteroatoms. The number of aryl methyl sites for hydroxylation is 1. The molecule has 29 heavy (non-hydrogen) atoms. The number of hydrogen-bond donors (Lipinski definition) is 1. The summed E-state index contributed by atoms with van der Waals surface area (Å²) in [6, 6.07) is 10.1. The Bertz CT molecular complexity index is 945. The highest BCUT2D eigenvalue weighted by atomic mass is 32.1. The highest BCUT2D eigenvalue weighted by Crippen LogP contribution is 2.23. The number of carbonyl (C=O) groups excluding carboxylic acids is 1. The van der Waals surface area contributed by atoms with Gasteiger partial charge in [0.05, 0.1) is 12.2 Å². The smallest absolute Gasteiger partial charge is 0.271 e. The largest absolute Gasteiger partial charge is 0.343 e. The molecule has 3 heterocycles. The van der Waals surface area contributed by atoms with Crippen LogP contribution in [0.3, 0.4) is 0 Å². The van der Waals surface area contributed by atoms with Gasteiger partial charge < -0.3 is 10.2 Å². The molecule has 4 rings (SSSR count). The fourth-order valence-corrected chi connectivity index (χ4v) is 4.26. The number of nitrogens with one attached hydrogen (secondary N) is 1. The van der Waals surface area contributed by atoms with Gasteiger partial charge in [0.2, 0.25) is 0 Å². The molecule has 0 spiro atoms. The third-order valence-corrected chi connectivity index (χ3v) is 6.12. The van der Waals surface area contributed by atoms with Gasteiger partial charge in [-0.1, -0.05) is 30.3 Å². The van der Waals surface area contributed by atoms with Crippen LogP contribution in [0.25, 0.3) is 10.6 Å². The molecule has 0 aliphatic carbocycles. The highest BCUT2D eigenvalue weighted by molar-refractivity contribution is 7.13. The molecule has 1 aliphatic heterocycles. The molecule has 1 unspecified atom stereocenters. The number of benzene rings is 1. The van der Waals surface area contributed by atoms with Gasteiger partial charge in [0.25, 0.3) is 5.91 Å². The van der Waals surface area contributed by atoms with Gasteiger partial charge in [-0.2, -0.15) is 5.10 Å². The zero-order chi connectivity index (χ0) is 20.2. The normalized spacial score (nSPS) is 16.6. The van der Waals surface area contributed by atoms with Crippen molar-refractivity contribution in [3.8, 4) is 10.6 Å². The quantitative estimate of drug-likeness (QED) is 0.675. The van der Waals surface area contributed by atoms with E-state index in [2.05, 4.69) is 44.4 Å². The SMILES string of the molecule is CN1CCN(CC(NC(=O)c2csc(-c3cnn(C)c3)n2)c2ccccc2)CC1. The summed E-state index contributed by atoms with van der Waals surface area (Å²) in [5, 5.41) is 10.0. The third kappa shape index (κ3) is 4.90. The van der Waals surface area contributed by atoms with E-state index in [1.54, 1.807) is 10.9 Å². The van der Waals surface area contributed by atoms with E-state index in [1.165, 1.54) is 11.3 Å². The average Bonchev–Trinajstić information content (AvgIpc) is 3.39. The number of piperazine rings is 1. The molecule has 1 aliphatic rings. The van der Waals surface area contributed by atoms with Crippen molar-refractivity contribution in [2.75, 3.05) is 39.8 Å². The van der Waals surface area contributed by atoms with Crippen molar-refractivity contribution < 1.29 is 4.79 Å². The lowest BCUT2D eigenvalue weighted by Gasteiger charge is -2.35. The van der Waals surface area contributed by atoms with E-state index in [4.69, 9.17) is 0 Å². The second kappa shape index (κ2) is 8.86. The zero-order valence-electron chi connectivity index (χ0n) is 16.8. The minimum atomic E-state index is -0.139. The second-order valence-electron chi connectivity index (χ2n) is 7.48. The van der Waals surface area contributed by atoms with Gasteiger partial charge in [-0.05, 0) is 12.6 Å². The number of likely N-dealkylation sites (N-methyl/N-ethyl adjacent to an activating group) is 1. The lowest BCUT2D eigenvalue weighted by Crippen LogP contribution is -2.47. The summed E-state index contributed by atoms with van der Waals surface area (Å²) in [5.74, 6) is -0.139. The zero-order valence-corrected chi connectivity index (χ0v) is 17.6. The Kier molecular flexibility index (Phi) is 6.03. The van der Waals surface area contributed by atoms with Crippen molar-refractivity contribution in [1.29, 1.82) is 0 Å². The lowest BCUT2D eigenvalue weighted by atomic mass is 10.1. The molecule has 1 N–H and O–H groups in total. The van der Waals surface area contributed by atoms with Crippen molar-refractivity contribution in [1.82, 2.24) is 29.9 Å². The fraction of sp³-hybridized carbons (Fsp3) is 0.381. The number of nitrogens with zero attached hydrogens (tertiary/aromatic N) is 5. The summed E-state index contributed by atoms with van der Waals surface area (Å²) in [4.78, 5) is 22.2. The van der Waals surface area contributed by atoms with Crippen molar-refractivity contribution in [3.05, 3.63) is 59.4 Å². The van der Waals surface area contributed by atoms with E-state index in [0.717, 1.165) is 48.9 Å². The van der Waals surface area contributed by atoms with Gasteiger partial charge in [0.1, 0.15) is 10.7 Å². The van der Waals surface area contributed by atoms with E-state index in [1.807, 2.05) is 36.8 Å². The molecule has 0 saturated carbocycles. The fourth-order valence-electron chi connectivity index (χ4n) is 3.48. The molecule has 0 bridgehead atoms. The van der Waals surface area contributed by atoms with Crippen LogP contribution in [0.1, 0.15) is 22.1 Å². The van der Waals surface area contributed by atoms with Crippen molar-refractivity contribution in [3.63, 3.8) is 0 Å². The number of thiazole rings is 1. The molecule has 2 aromatic heterocycles. The predicted molar refractivity (Wildman–Crippen MR) is 115 cm³/mol. The molecule has 1 aromatic carbocycles. The van der Waals surface area contributed by atoms with E-state index in [-0.39, 0.29) is 11.9 Å². The predicted octanol–water partition coefficient (Wildman–Crippen LogP) is 2.26. The van der Waals surface area contributed by atoms with E-state index < -0.39 is 0 Å². The first-order valence-corrected chi connectivity index (χ1v) is 10.7. The first-order chi connectivity index (χ1) is 14.1. The van der Waals surface area contributed by atoms with Crippen LogP contribution in [0.4, 0.5) is 0 Å². The molecule has 152 valence electrons. The topological polar surface area (TPSA) is 66.3 Å². The molecule has 0 radical (unpaired) electrons. The molecular weight excluding hydrogens is 384 g/mol.